The van der Waals surface area contributed by atoms with Crippen molar-refractivity contribution in [3.63, 3.8) is 0 Å². The number of pyridine rings is 4. The van der Waals surface area contributed by atoms with Crippen LogP contribution in [0.15, 0.2) is 121 Å². The van der Waals surface area contributed by atoms with Gasteiger partial charge in [0.15, 0.2) is 0 Å². The highest BCUT2D eigenvalue weighted by atomic mass is 16.6. The van der Waals surface area contributed by atoms with Crippen LogP contribution in [0.4, 0.5) is 5.69 Å². The van der Waals surface area contributed by atoms with Crippen molar-refractivity contribution in [2.75, 3.05) is 72.0 Å². The molecular weight excluding hydrogens is 1070 g/mol. The summed E-state index contributed by atoms with van der Waals surface area (Å²) in [5.41, 5.74) is 3.23. The van der Waals surface area contributed by atoms with Gasteiger partial charge in [-0.05, 0) is 60.5 Å². The molecule has 0 saturated heterocycles. The van der Waals surface area contributed by atoms with Crippen LogP contribution in [-0.2, 0) is 51.8 Å². The molecule has 0 atom stereocenters. The van der Waals surface area contributed by atoms with Gasteiger partial charge in [-0.25, -0.2) is 29.5 Å². The largest absolute Gasteiger partial charge is 0.506 e. The van der Waals surface area contributed by atoms with Crippen molar-refractivity contribution in [3.05, 3.63) is 171 Å². The number of aliphatic carboxylic acids is 4. The van der Waals surface area contributed by atoms with E-state index in [9.17, 15) is 79.7 Å². The second kappa shape index (κ2) is 30.1. The fourth-order valence-electron chi connectivity index (χ4n) is 8.69. The summed E-state index contributed by atoms with van der Waals surface area (Å²) in [6.45, 7) is 1.49. The quantitative estimate of drug-likeness (QED) is 0.0219. The molecule has 0 aliphatic rings. The number of phenolic OH excluding ortho intramolecular Hbond substituents is 2. The molecule has 0 aliphatic heterocycles. The Kier molecular flexibility index (Phi) is 22.6. The number of carboxylic acid groups (broad SMARTS) is 6. The van der Waals surface area contributed by atoms with Gasteiger partial charge in [-0.1, -0.05) is 60.7 Å². The average Bonchev–Trinajstić information content (AvgIpc) is 3.64. The molecular formula is C56H60N10O16. The van der Waals surface area contributed by atoms with Crippen LogP contribution in [0.3, 0.4) is 0 Å². The summed E-state index contributed by atoms with van der Waals surface area (Å²) >= 11 is 0. The van der Waals surface area contributed by atoms with Crippen LogP contribution in [0.2, 0.25) is 0 Å². The van der Waals surface area contributed by atoms with Crippen molar-refractivity contribution < 1.29 is 74.5 Å². The molecule has 0 fully saturated rings. The first kappa shape index (κ1) is 61.6. The van der Waals surface area contributed by atoms with Gasteiger partial charge in [0.25, 0.3) is 5.69 Å². The highest BCUT2D eigenvalue weighted by Gasteiger charge is 2.21. The Balaban J connectivity index is 0.000000271. The Morgan fingerprint density at radius 2 is 0.744 bits per heavy atom. The third-order valence-electron chi connectivity index (χ3n) is 12.6. The number of aromatic carboxylic acids is 2. The molecule has 0 amide bonds. The zero-order chi connectivity index (χ0) is 59.3. The smallest absolute Gasteiger partial charge is 0.354 e. The summed E-state index contributed by atoms with van der Waals surface area (Å²) in [4.78, 5) is 105. The van der Waals surface area contributed by atoms with Crippen molar-refractivity contribution in [2.24, 2.45) is 0 Å². The molecule has 4 heterocycles. The number of carbonyl (C=O) groups is 6. The van der Waals surface area contributed by atoms with Gasteiger partial charge in [0, 0.05) is 94.9 Å². The van der Waals surface area contributed by atoms with E-state index in [0.29, 0.717) is 59.9 Å². The summed E-state index contributed by atoms with van der Waals surface area (Å²) in [5.74, 6) is -6.54. The molecule has 26 heteroatoms. The van der Waals surface area contributed by atoms with E-state index in [4.69, 9.17) is 0 Å². The number of benzene rings is 3. The maximum absolute atomic E-state index is 11.6. The minimum atomic E-state index is -1.21. The molecule has 0 spiro atoms. The number of aromatic hydroxyl groups is 2. The molecule has 0 radical (unpaired) electrons. The number of aromatic nitrogens is 4. The van der Waals surface area contributed by atoms with Crippen molar-refractivity contribution in [1.82, 2.24) is 44.4 Å². The van der Waals surface area contributed by atoms with Gasteiger partial charge in [-0.2, -0.15) is 0 Å². The Labute approximate surface area is 468 Å². The van der Waals surface area contributed by atoms with Gasteiger partial charge in [0.1, 0.15) is 33.9 Å². The van der Waals surface area contributed by atoms with E-state index >= 15 is 0 Å². The SMILES string of the molecule is O=C(O)CN(CCN(CC(=O)O)Cc1ccc2cccc(O)c2n1)Cc1ccc2cccc(O)c2n1.O=C(O)CN(CCN(CCc1ccc([N+](=O)[O-])cc1)CCN(CC(=O)O)Cc1cccc(C(=O)O)n1)Cc1cccc(C(=O)O)n1. The molecule has 0 saturated carbocycles. The lowest BCUT2D eigenvalue weighted by molar-refractivity contribution is -0.384. The average molecular weight is 1130 g/mol. The lowest BCUT2D eigenvalue weighted by Gasteiger charge is -2.29. The van der Waals surface area contributed by atoms with Crippen LogP contribution in [0.1, 0.15) is 49.3 Å². The van der Waals surface area contributed by atoms with Crippen molar-refractivity contribution in [1.29, 1.82) is 0 Å². The summed E-state index contributed by atoms with van der Waals surface area (Å²) in [6, 6.07) is 32.4. The number of para-hydroxylation sites is 2. The van der Waals surface area contributed by atoms with E-state index in [1.54, 1.807) is 80.3 Å². The first-order valence-corrected chi connectivity index (χ1v) is 25.4. The highest BCUT2D eigenvalue weighted by molar-refractivity contribution is 5.86. The van der Waals surface area contributed by atoms with E-state index in [2.05, 4.69) is 19.9 Å². The number of rotatable bonds is 31. The molecule has 82 heavy (non-hydrogen) atoms. The lowest BCUT2D eigenvalue weighted by atomic mass is 10.1. The fourth-order valence-corrected chi connectivity index (χ4v) is 8.69. The maximum atomic E-state index is 11.6. The van der Waals surface area contributed by atoms with Crippen molar-refractivity contribution >= 4 is 63.3 Å². The minimum absolute atomic E-state index is 0.0423. The maximum Gasteiger partial charge on any atom is 0.354 e. The van der Waals surface area contributed by atoms with Gasteiger partial charge in [0.2, 0.25) is 0 Å². The number of nitro benzene ring substituents is 1. The molecule has 0 aliphatic carbocycles. The number of non-ortho nitro benzene ring substituents is 1. The fraction of sp³-hybridized carbons (Fsp3) is 0.286. The number of carboxylic acids is 6. The van der Waals surface area contributed by atoms with E-state index in [-0.39, 0.29) is 107 Å². The van der Waals surface area contributed by atoms with Crippen LogP contribution in [0, 0.1) is 10.1 Å². The summed E-state index contributed by atoms with van der Waals surface area (Å²) in [6.07, 6.45) is 0.486. The Bertz CT molecular complexity index is 3200. The molecule has 7 aromatic rings. The standard InChI is InChI=1S/C30H34N6O10.C26H26N4O6/c37-27(38)19-34(17-22-3-1-5-25(31-22)29(41)42)15-13-33(12-11-21-7-9-24(10-8-21)36(45)46)14-16-35(20-28(39)40)18-23-4-2-6-26(32-23)30(43)44;31-21-5-1-3-17-7-9-19(27-25(17)21)13-29(15-23(33)34)11-12-30(16-24(35)36)14-20-10-8-18-4-2-6-22(32)26(18)28-20/h1-10H,11-20H2,(H,37,38)(H,39,40)(H,41,42)(H,43,44);1-10,31-32H,11-16H2,(H,33,34)(H,35,36). The highest BCUT2D eigenvalue weighted by Crippen LogP contribution is 2.24. The third kappa shape index (κ3) is 19.9. The minimum Gasteiger partial charge on any atom is -0.506 e. The zero-order valence-corrected chi connectivity index (χ0v) is 44.2. The van der Waals surface area contributed by atoms with E-state index in [0.717, 1.165) is 16.3 Å². The van der Waals surface area contributed by atoms with Gasteiger partial charge in [-0.15, -0.1) is 0 Å². The predicted molar refractivity (Wildman–Crippen MR) is 294 cm³/mol. The van der Waals surface area contributed by atoms with Crippen molar-refractivity contribution in [2.45, 2.75) is 32.6 Å². The summed E-state index contributed by atoms with van der Waals surface area (Å²) in [7, 11) is 0. The van der Waals surface area contributed by atoms with Crippen LogP contribution < -0.4 is 0 Å². The van der Waals surface area contributed by atoms with E-state index < -0.39 is 40.7 Å². The van der Waals surface area contributed by atoms with Gasteiger partial charge in [-0.3, -0.25) is 48.9 Å². The molecule has 430 valence electrons. The topological polar surface area (TPSA) is 375 Å². The molecule has 0 unspecified atom stereocenters. The first-order chi connectivity index (χ1) is 39.2. The van der Waals surface area contributed by atoms with Crippen LogP contribution in [-0.4, -0.2) is 198 Å². The normalized spacial score (nSPS) is 11.3. The zero-order valence-electron chi connectivity index (χ0n) is 44.2. The van der Waals surface area contributed by atoms with E-state index in [1.165, 1.54) is 36.4 Å². The number of hydrogen-bond donors (Lipinski definition) is 8. The van der Waals surface area contributed by atoms with Gasteiger partial charge in [0.05, 0.1) is 53.9 Å². The molecule has 8 N–H and O–H groups in total. The van der Waals surface area contributed by atoms with Crippen LogP contribution in [0.5, 0.6) is 11.5 Å². The molecule has 0 bridgehead atoms. The number of hydrogen-bond acceptors (Lipinski definition) is 19. The third-order valence-corrected chi connectivity index (χ3v) is 12.6. The number of fused-ring (bicyclic) bond motifs is 2. The summed E-state index contributed by atoms with van der Waals surface area (Å²) < 4.78 is 0. The monoisotopic (exact) mass is 1130 g/mol. The molecule has 4 aromatic heterocycles. The second-order valence-corrected chi connectivity index (χ2v) is 18.9. The first-order valence-electron chi connectivity index (χ1n) is 25.4. The predicted octanol–water partition coefficient (Wildman–Crippen LogP) is 4.47. The van der Waals surface area contributed by atoms with Crippen LogP contribution in [0.25, 0.3) is 21.8 Å². The van der Waals surface area contributed by atoms with Crippen molar-refractivity contribution in [3.8, 4) is 11.5 Å². The van der Waals surface area contributed by atoms with Gasteiger partial charge >= 0.3 is 35.8 Å². The number of nitro groups is 1. The molecule has 26 nitrogen and oxygen atoms in total. The summed E-state index contributed by atoms with van der Waals surface area (Å²) in [5, 5.41) is 89.2. The van der Waals surface area contributed by atoms with E-state index in [1.807, 2.05) is 29.2 Å². The Morgan fingerprint density at radius 3 is 1.09 bits per heavy atom. The van der Waals surface area contributed by atoms with Crippen LogP contribution >= 0.6 is 0 Å². The number of phenols is 2. The Morgan fingerprint density at radius 1 is 0.402 bits per heavy atom. The van der Waals surface area contributed by atoms with Gasteiger partial charge < -0.3 is 45.8 Å². The lowest BCUT2D eigenvalue weighted by Crippen LogP contribution is -2.42. The number of nitrogens with zero attached hydrogens (tertiary/aromatic N) is 10. The Hall–Kier alpha value is -9.60. The molecule has 3 aromatic carbocycles. The second-order valence-electron chi connectivity index (χ2n) is 18.9. The molecule has 7 rings (SSSR count).